The van der Waals surface area contributed by atoms with Crippen molar-refractivity contribution < 1.29 is 23.5 Å². The molecule has 2 heterocycles. The van der Waals surface area contributed by atoms with Crippen LogP contribution < -0.4 is 10.1 Å². The Balaban J connectivity index is 0.00000300. The van der Waals surface area contributed by atoms with Gasteiger partial charge < -0.3 is 14.8 Å². The van der Waals surface area contributed by atoms with E-state index in [1.165, 1.54) is 30.6 Å². The van der Waals surface area contributed by atoms with Crippen molar-refractivity contribution in [3.63, 3.8) is 0 Å². The Bertz CT molecular complexity index is 874. The lowest BCUT2D eigenvalue weighted by Gasteiger charge is -2.26. The number of esters is 1. The van der Waals surface area contributed by atoms with Crippen molar-refractivity contribution in [3.8, 4) is 5.75 Å². The number of fused-ring (bicyclic) bond motifs is 1. The number of nitrogens with one attached hydrogen (secondary N) is 1. The fourth-order valence-electron chi connectivity index (χ4n) is 3.24. The highest BCUT2D eigenvalue weighted by atomic mass is 35.5. The first-order chi connectivity index (χ1) is 13.5. The maximum Gasteiger partial charge on any atom is 0.341 e. The number of para-hydroxylation sites is 1. The van der Waals surface area contributed by atoms with Crippen LogP contribution in [0.15, 0.2) is 24.3 Å². The van der Waals surface area contributed by atoms with Gasteiger partial charge in [0, 0.05) is 18.0 Å². The number of rotatable bonds is 7. The van der Waals surface area contributed by atoms with Crippen molar-refractivity contribution in [3.05, 3.63) is 46.1 Å². The van der Waals surface area contributed by atoms with Crippen molar-refractivity contribution in [1.82, 2.24) is 4.90 Å². The van der Waals surface area contributed by atoms with E-state index in [-0.39, 0.29) is 24.8 Å². The van der Waals surface area contributed by atoms with Crippen LogP contribution in [0.4, 0.5) is 9.39 Å². The third-order valence-corrected chi connectivity index (χ3v) is 5.65. The van der Waals surface area contributed by atoms with Crippen LogP contribution in [0.25, 0.3) is 0 Å². The minimum atomic E-state index is -0.534. The zero-order chi connectivity index (χ0) is 20.1. The van der Waals surface area contributed by atoms with Crippen LogP contribution in [0, 0.1) is 5.82 Å². The Labute approximate surface area is 179 Å². The minimum absolute atomic E-state index is 0. The summed E-state index contributed by atoms with van der Waals surface area (Å²) in [5.74, 6) is -1.45. The summed E-state index contributed by atoms with van der Waals surface area (Å²) in [6.07, 6.45) is 1.79. The summed E-state index contributed by atoms with van der Waals surface area (Å²) >= 11 is 1.38. The maximum absolute atomic E-state index is 13.6. The second-order valence-corrected chi connectivity index (χ2v) is 7.60. The predicted molar refractivity (Wildman–Crippen MR) is 113 cm³/mol. The smallest absolute Gasteiger partial charge is 0.341 e. The number of benzene rings is 1. The molecule has 1 aromatic heterocycles. The lowest BCUT2D eigenvalue weighted by molar-refractivity contribution is -0.118. The molecule has 0 saturated heterocycles. The lowest BCUT2D eigenvalue weighted by Crippen LogP contribution is -2.30. The lowest BCUT2D eigenvalue weighted by atomic mass is 10.0. The number of halogens is 2. The molecule has 6 nitrogen and oxygen atoms in total. The zero-order valence-electron chi connectivity index (χ0n) is 16.3. The summed E-state index contributed by atoms with van der Waals surface area (Å²) < 4.78 is 23.8. The highest BCUT2D eigenvalue weighted by Gasteiger charge is 2.29. The number of carbonyl (C=O) groups excluding carboxylic acids is 2. The summed E-state index contributed by atoms with van der Waals surface area (Å²) in [5, 5.41) is 3.19. The van der Waals surface area contributed by atoms with Crippen LogP contribution in [0.1, 0.15) is 34.1 Å². The van der Waals surface area contributed by atoms with Gasteiger partial charge >= 0.3 is 5.97 Å². The Hall–Kier alpha value is -2.16. The van der Waals surface area contributed by atoms with Crippen molar-refractivity contribution in [2.45, 2.75) is 26.3 Å². The summed E-state index contributed by atoms with van der Waals surface area (Å²) in [4.78, 5) is 28.0. The fraction of sp³-hybridized carbons (Fsp3) is 0.400. The van der Waals surface area contributed by atoms with Gasteiger partial charge in [-0.1, -0.05) is 19.1 Å². The number of hydrogen-bond acceptors (Lipinski definition) is 6. The van der Waals surface area contributed by atoms with E-state index in [1.807, 2.05) is 0 Å². The maximum atomic E-state index is 13.6. The van der Waals surface area contributed by atoms with Crippen molar-refractivity contribution >= 4 is 40.6 Å². The predicted octanol–water partition coefficient (Wildman–Crippen LogP) is 3.88. The molecule has 29 heavy (non-hydrogen) atoms. The molecule has 1 aliphatic rings. The molecule has 0 saturated carbocycles. The summed E-state index contributed by atoms with van der Waals surface area (Å²) in [6, 6.07) is 5.89. The Morgan fingerprint density at radius 2 is 2.07 bits per heavy atom. The van der Waals surface area contributed by atoms with Crippen molar-refractivity contribution in [2.75, 3.05) is 32.1 Å². The number of amides is 1. The summed E-state index contributed by atoms with van der Waals surface area (Å²) in [6.45, 7) is 4.38. The van der Waals surface area contributed by atoms with Gasteiger partial charge in [-0.05, 0) is 37.1 Å². The van der Waals surface area contributed by atoms with Crippen LogP contribution in [0.2, 0.25) is 0 Å². The van der Waals surface area contributed by atoms with Gasteiger partial charge in [0.1, 0.15) is 5.00 Å². The summed E-state index contributed by atoms with van der Waals surface area (Å²) in [7, 11) is 1.32. The van der Waals surface area contributed by atoms with Gasteiger partial charge in [-0.3, -0.25) is 9.69 Å². The van der Waals surface area contributed by atoms with Crippen LogP contribution >= 0.6 is 23.7 Å². The molecular weight excluding hydrogens is 419 g/mol. The van der Waals surface area contributed by atoms with Crippen LogP contribution in [0.3, 0.4) is 0 Å². The molecule has 0 unspecified atom stereocenters. The standard InChI is InChI=1S/C20H23FN2O4S.ClH/c1-3-9-23-10-8-13-16(11-23)28-19(18(13)20(25)26-2)22-17(24)12-27-15-7-5-4-6-14(15)21;/h4-7H,3,8-12H2,1-2H3,(H,22,24);1H. The molecule has 1 amide bonds. The number of carbonyl (C=O) groups is 2. The van der Waals surface area contributed by atoms with E-state index in [4.69, 9.17) is 9.47 Å². The van der Waals surface area contributed by atoms with Crippen molar-refractivity contribution in [2.24, 2.45) is 0 Å². The minimum Gasteiger partial charge on any atom is -0.481 e. The van der Waals surface area contributed by atoms with Gasteiger partial charge in [-0.15, -0.1) is 23.7 Å². The van der Waals surface area contributed by atoms with Gasteiger partial charge in [0.05, 0.1) is 12.7 Å². The number of nitrogens with zero attached hydrogens (tertiary/aromatic N) is 1. The van der Waals surface area contributed by atoms with E-state index in [2.05, 4.69) is 17.1 Å². The topological polar surface area (TPSA) is 67.9 Å². The Morgan fingerprint density at radius 3 is 2.76 bits per heavy atom. The molecule has 0 bridgehead atoms. The third-order valence-electron chi connectivity index (χ3n) is 4.51. The molecule has 1 aliphatic heterocycles. The van der Waals surface area contributed by atoms with Crippen molar-refractivity contribution in [1.29, 1.82) is 0 Å². The molecule has 9 heteroatoms. The van der Waals surface area contributed by atoms with E-state index >= 15 is 0 Å². The van der Waals surface area contributed by atoms with E-state index in [0.29, 0.717) is 10.6 Å². The number of hydrogen-bond donors (Lipinski definition) is 1. The van der Waals surface area contributed by atoms with Gasteiger partial charge in [-0.25, -0.2) is 9.18 Å². The highest BCUT2D eigenvalue weighted by Crippen LogP contribution is 2.37. The number of methoxy groups -OCH3 is 1. The van der Waals surface area contributed by atoms with Crippen LogP contribution in [-0.4, -0.2) is 43.6 Å². The first-order valence-electron chi connectivity index (χ1n) is 9.15. The third kappa shape index (κ3) is 5.46. The number of ether oxygens (including phenoxy) is 2. The normalized spacial score (nSPS) is 13.2. The van der Waals surface area contributed by atoms with Gasteiger partial charge in [-0.2, -0.15) is 0 Å². The number of anilines is 1. The van der Waals surface area contributed by atoms with E-state index in [0.717, 1.165) is 42.9 Å². The second kappa shape index (κ2) is 10.6. The molecular formula is C20H24ClFN2O4S. The van der Waals surface area contributed by atoms with Gasteiger partial charge in [0.15, 0.2) is 18.2 Å². The quantitative estimate of drug-likeness (QED) is 0.659. The molecule has 1 N–H and O–H groups in total. The monoisotopic (exact) mass is 442 g/mol. The van der Waals surface area contributed by atoms with E-state index < -0.39 is 17.7 Å². The molecule has 0 aliphatic carbocycles. The average molecular weight is 443 g/mol. The highest BCUT2D eigenvalue weighted by molar-refractivity contribution is 7.17. The SMILES string of the molecule is CCCN1CCc2c(sc(NC(=O)COc3ccccc3F)c2C(=O)OC)C1.Cl. The van der Waals surface area contributed by atoms with E-state index in [9.17, 15) is 14.0 Å². The van der Waals surface area contributed by atoms with Crippen LogP contribution in [0.5, 0.6) is 5.75 Å². The first kappa shape index (κ1) is 23.1. The molecule has 0 spiro atoms. The first-order valence-corrected chi connectivity index (χ1v) is 9.97. The molecule has 0 radical (unpaired) electrons. The molecule has 158 valence electrons. The average Bonchev–Trinajstić information content (AvgIpc) is 3.04. The Kier molecular flexibility index (Phi) is 8.43. The van der Waals surface area contributed by atoms with Gasteiger partial charge in [0.25, 0.3) is 5.91 Å². The fourth-order valence-corrected chi connectivity index (χ4v) is 4.53. The Morgan fingerprint density at radius 1 is 1.31 bits per heavy atom. The summed E-state index contributed by atoms with van der Waals surface area (Å²) in [5.41, 5.74) is 1.35. The molecule has 3 rings (SSSR count). The zero-order valence-corrected chi connectivity index (χ0v) is 18.0. The molecule has 0 fully saturated rings. The second-order valence-electron chi connectivity index (χ2n) is 6.49. The molecule has 1 aromatic carbocycles. The molecule has 2 aromatic rings. The molecule has 0 atom stereocenters. The largest absolute Gasteiger partial charge is 0.481 e. The number of thiophene rings is 1. The van der Waals surface area contributed by atoms with Gasteiger partial charge in [0.2, 0.25) is 0 Å². The van der Waals surface area contributed by atoms with E-state index in [1.54, 1.807) is 12.1 Å². The van der Waals surface area contributed by atoms with Crippen LogP contribution in [-0.2, 0) is 22.5 Å².